The molecule has 2 N–H and O–H groups in total. The van der Waals surface area contributed by atoms with Crippen LogP contribution in [-0.4, -0.2) is 27.1 Å². The number of benzene rings is 2. The molecule has 0 spiro atoms. The lowest BCUT2D eigenvalue weighted by Gasteiger charge is -2.23. The van der Waals surface area contributed by atoms with Crippen molar-refractivity contribution in [1.82, 2.24) is 15.4 Å². The Hall–Kier alpha value is -2.31. The molecule has 0 atom stereocenters. The molecule has 2 aromatic carbocycles. The normalized spacial score (nSPS) is 10.7. The van der Waals surface area contributed by atoms with Gasteiger partial charge in [-0.3, -0.25) is 15.0 Å². The van der Waals surface area contributed by atoms with Crippen LogP contribution in [-0.2, 0) is 22.6 Å². The van der Waals surface area contributed by atoms with Crippen LogP contribution < -0.4 is 5.43 Å². The second kappa shape index (κ2) is 9.06. The molecule has 0 aliphatic carbocycles. The Kier molecular flexibility index (Phi) is 6.53. The van der Waals surface area contributed by atoms with Gasteiger partial charge in [-0.2, -0.15) is 0 Å². The number of amides is 2. The van der Waals surface area contributed by atoms with E-state index >= 15 is 0 Å². The molecule has 3 aromatic rings. The maximum Gasteiger partial charge on any atom is 0.249 e. The number of fused-ring (bicyclic) bond motifs is 1. The third-order valence-corrected chi connectivity index (χ3v) is 5.13. The molecule has 0 unspecified atom stereocenters. The van der Waals surface area contributed by atoms with Gasteiger partial charge in [0.15, 0.2) is 0 Å². The molecular weight excluding hydrogens is 430 g/mol. The number of aromatic nitrogens is 1. The van der Waals surface area contributed by atoms with Crippen LogP contribution in [0.15, 0.2) is 54.7 Å². The summed E-state index contributed by atoms with van der Waals surface area (Å²) in [5, 5.41) is 3.11. The summed E-state index contributed by atoms with van der Waals surface area (Å²) in [5.41, 5.74) is 5.53. The summed E-state index contributed by atoms with van der Waals surface area (Å²) >= 11 is 9.31. The summed E-state index contributed by atoms with van der Waals surface area (Å²) in [6.07, 6.45) is 2.77. The van der Waals surface area contributed by atoms with E-state index in [2.05, 4.69) is 26.3 Å². The van der Waals surface area contributed by atoms with Gasteiger partial charge in [0.05, 0.1) is 11.9 Å². The second-order valence-electron chi connectivity index (χ2n) is 6.10. The quantitative estimate of drug-likeness (QED) is 0.438. The first-order valence-electron chi connectivity index (χ1n) is 8.52. The Morgan fingerprint density at radius 2 is 1.81 bits per heavy atom. The zero-order valence-electron chi connectivity index (χ0n) is 14.5. The van der Waals surface area contributed by atoms with Crippen LogP contribution in [0.25, 0.3) is 10.9 Å². The van der Waals surface area contributed by atoms with Crippen molar-refractivity contribution in [1.29, 1.82) is 0 Å². The third-order valence-electron chi connectivity index (χ3n) is 4.25. The zero-order valence-corrected chi connectivity index (χ0v) is 16.9. The number of hydrazine groups is 1. The number of nitrogens with one attached hydrogen (secondary N) is 2. The van der Waals surface area contributed by atoms with Crippen LogP contribution >= 0.6 is 27.5 Å². The molecule has 140 valence electrons. The SMILES string of the molecule is O=C(CBr)NN(Cc1ccccc1Cl)C(=O)CCc1c[nH]c2ccccc12. The molecule has 0 saturated heterocycles. The van der Waals surface area contributed by atoms with E-state index in [-0.39, 0.29) is 30.1 Å². The highest BCUT2D eigenvalue weighted by molar-refractivity contribution is 9.09. The van der Waals surface area contributed by atoms with E-state index in [0.29, 0.717) is 11.4 Å². The molecule has 2 amide bonds. The lowest BCUT2D eigenvalue weighted by molar-refractivity contribution is -0.141. The number of nitrogens with zero attached hydrogens (tertiary/aromatic N) is 1. The molecule has 1 aromatic heterocycles. The molecule has 3 rings (SSSR count). The molecule has 0 aliphatic heterocycles. The van der Waals surface area contributed by atoms with Crippen LogP contribution in [0.1, 0.15) is 17.5 Å². The van der Waals surface area contributed by atoms with Crippen molar-refractivity contribution in [2.75, 3.05) is 5.33 Å². The van der Waals surface area contributed by atoms with Crippen molar-refractivity contribution < 1.29 is 9.59 Å². The molecule has 27 heavy (non-hydrogen) atoms. The number of halogens is 2. The highest BCUT2D eigenvalue weighted by Gasteiger charge is 2.18. The molecule has 0 saturated carbocycles. The van der Waals surface area contributed by atoms with Gasteiger partial charge in [-0.1, -0.05) is 63.9 Å². The van der Waals surface area contributed by atoms with Gasteiger partial charge in [-0.25, -0.2) is 5.01 Å². The lowest BCUT2D eigenvalue weighted by Crippen LogP contribution is -2.46. The van der Waals surface area contributed by atoms with Gasteiger partial charge in [-0.05, 0) is 29.7 Å². The van der Waals surface area contributed by atoms with Crippen LogP contribution in [0.4, 0.5) is 0 Å². The maximum atomic E-state index is 12.8. The lowest BCUT2D eigenvalue weighted by atomic mass is 10.1. The molecule has 0 fully saturated rings. The molecule has 5 nitrogen and oxygen atoms in total. The average molecular weight is 449 g/mol. The number of alkyl halides is 1. The topological polar surface area (TPSA) is 65.2 Å². The largest absolute Gasteiger partial charge is 0.361 e. The van der Waals surface area contributed by atoms with Gasteiger partial charge in [0, 0.05) is 28.5 Å². The van der Waals surface area contributed by atoms with Gasteiger partial charge >= 0.3 is 0 Å². The van der Waals surface area contributed by atoms with Crippen molar-refractivity contribution in [3.63, 3.8) is 0 Å². The van der Waals surface area contributed by atoms with Gasteiger partial charge in [0.2, 0.25) is 11.8 Å². The summed E-state index contributed by atoms with van der Waals surface area (Å²) in [6, 6.07) is 15.2. The Morgan fingerprint density at radius 1 is 1.07 bits per heavy atom. The first kappa shape index (κ1) is 19.5. The van der Waals surface area contributed by atoms with Crippen LogP contribution in [0.3, 0.4) is 0 Å². The number of H-pyrrole nitrogens is 1. The van der Waals surface area contributed by atoms with E-state index in [4.69, 9.17) is 11.6 Å². The number of aryl methyl sites for hydroxylation is 1. The first-order valence-corrected chi connectivity index (χ1v) is 10.0. The van der Waals surface area contributed by atoms with E-state index in [0.717, 1.165) is 22.0 Å². The Bertz CT molecular complexity index is 957. The number of carbonyl (C=O) groups is 2. The summed E-state index contributed by atoms with van der Waals surface area (Å²) in [4.78, 5) is 27.8. The number of rotatable bonds is 6. The van der Waals surface area contributed by atoms with Crippen LogP contribution in [0.2, 0.25) is 5.02 Å². The minimum atomic E-state index is -0.289. The molecule has 7 heteroatoms. The maximum absolute atomic E-state index is 12.8. The fourth-order valence-corrected chi connectivity index (χ4v) is 3.20. The monoisotopic (exact) mass is 447 g/mol. The summed E-state index contributed by atoms with van der Waals surface area (Å²) in [6.45, 7) is 0.213. The van der Waals surface area contributed by atoms with Crippen molar-refractivity contribution in [3.8, 4) is 0 Å². The van der Waals surface area contributed by atoms with E-state index < -0.39 is 0 Å². The third kappa shape index (κ3) is 4.90. The van der Waals surface area contributed by atoms with Crippen molar-refractivity contribution in [3.05, 3.63) is 70.9 Å². The first-order chi connectivity index (χ1) is 13.1. The standard InChI is InChI=1S/C20H19BrClN3O2/c21-11-19(26)24-25(13-15-5-1-3-7-17(15)22)20(27)10-9-14-12-23-18-8-4-2-6-16(14)18/h1-8,12,23H,9-11,13H2,(H,24,26). The van der Waals surface area contributed by atoms with Crippen molar-refractivity contribution in [2.45, 2.75) is 19.4 Å². The molecule has 0 aliphatic rings. The predicted molar refractivity (Wildman–Crippen MR) is 111 cm³/mol. The zero-order chi connectivity index (χ0) is 19.2. The number of para-hydroxylation sites is 1. The minimum Gasteiger partial charge on any atom is -0.361 e. The van der Waals surface area contributed by atoms with Crippen molar-refractivity contribution >= 4 is 50.2 Å². The Labute approximate surface area is 170 Å². The molecular formula is C20H19BrClN3O2. The number of hydrogen-bond acceptors (Lipinski definition) is 2. The summed E-state index contributed by atoms with van der Waals surface area (Å²) < 4.78 is 0. The number of carbonyl (C=O) groups excluding carboxylic acids is 2. The van der Waals surface area contributed by atoms with Gasteiger partial charge in [-0.15, -0.1) is 0 Å². The Balaban J connectivity index is 1.72. The number of hydrogen-bond donors (Lipinski definition) is 2. The van der Waals surface area contributed by atoms with Gasteiger partial charge < -0.3 is 4.98 Å². The highest BCUT2D eigenvalue weighted by atomic mass is 79.9. The number of aromatic amines is 1. The minimum absolute atomic E-state index is 0.113. The van der Waals surface area contributed by atoms with Crippen LogP contribution in [0.5, 0.6) is 0 Å². The van der Waals surface area contributed by atoms with Gasteiger partial charge in [0.1, 0.15) is 0 Å². The smallest absolute Gasteiger partial charge is 0.249 e. The summed E-state index contributed by atoms with van der Waals surface area (Å²) in [7, 11) is 0. The average Bonchev–Trinajstić information content (AvgIpc) is 3.10. The fourth-order valence-electron chi connectivity index (χ4n) is 2.88. The van der Waals surface area contributed by atoms with Gasteiger partial charge in [0.25, 0.3) is 0 Å². The fraction of sp³-hybridized carbons (Fsp3) is 0.200. The van der Waals surface area contributed by atoms with E-state index in [1.807, 2.05) is 48.7 Å². The van der Waals surface area contributed by atoms with E-state index in [1.165, 1.54) is 5.01 Å². The van der Waals surface area contributed by atoms with E-state index in [9.17, 15) is 9.59 Å². The predicted octanol–water partition coefficient (Wildman–Crippen LogP) is 4.21. The molecule has 1 heterocycles. The second-order valence-corrected chi connectivity index (χ2v) is 7.07. The summed E-state index contributed by atoms with van der Waals surface area (Å²) in [5.74, 6) is -0.461. The molecule has 0 radical (unpaired) electrons. The van der Waals surface area contributed by atoms with Crippen LogP contribution in [0, 0.1) is 0 Å². The Morgan fingerprint density at radius 3 is 2.59 bits per heavy atom. The van der Waals surface area contributed by atoms with E-state index in [1.54, 1.807) is 6.07 Å². The van der Waals surface area contributed by atoms with Crippen molar-refractivity contribution in [2.24, 2.45) is 0 Å². The highest BCUT2D eigenvalue weighted by Crippen LogP contribution is 2.20. The molecule has 0 bridgehead atoms.